The van der Waals surface area contributed by atoms with Crippen molar-refractivity contribution in [1.29, 1.82) is 0 Å². The maximum Gasteiger partial charge on any atom is 0.260 e. The standard InChI is InChI=1S/C24H23N9O5S/c1-24(2)10-32(14-6-7-33(30-14)11-8-15(37-3)29-26-9-11)23(36)18(38-24)17(34)21-27-13-5-4-12-19(39-31-20(12)25)16(13)22(35)28-21/h4-9,17-18,34H,10H2,1-3H3,(H2,25,31)(H,27,28,35). The molecule has 0 spiro atoms. The van der Waals surface area contributed by atoms with E-state index in [9.17, 15) is 14.7 Å². The molecule has 1 saturated heterocycles. The number of amides is 1. The molecule has 1 fully saturated rings. The summed E-state index contributed by atoms with van der Waals surface area (Å²) in [5, 5.41) is 24.5. The van der Waals surface area contributed by atoms with Gasteiger partial charge in [-0.2, -0.15) is 9.47 Å². The molecule has 1 aliphatic rings. The van der Waals surface area contributed by atoms with Gasteiger partial charge in [-0.25, -0.2) is 9.67 Å². The zero-order valence-corrected chi connectivity index (χ0v) is 21.8. The third kappa shape index (κ3) is 4.25. The fraction of sp³-hybridized carbons (Fsp3) is 0.292. The number of hydrogen-bond acceptors (Lipinski definition) is 12. The molecule has 39 heavy (non-hydrogen) atoms. The lowest BCUT2D eigenvalue weighted by atomic mass is 10.0. The Morgan fingerprint density at radius 3 is 2.92 bits per heavy atom. The van der Waals surface area contributed by atoms with Gasteiger partial charge in [0.25, 0.3) is 11.5 Å². The summed E-state index contributed by atoms with van der Waals surface area (Å²) in [6.45, 7) is 3.76. The van der Waals surface area contributed by atoms with Crippen LogP contribution in [0.25, 0.3) is 26.7 Å². The maximum atomic E-state index is 13.6. The highest BCUT2D eigenvalue weighted by molar-refractivity contribution is 7.14. The number of morpholine rings is 1. The maximum absolute atomic E-state index is 13.6. The largest absolute Gasteiger partial charge is 0.480 e. The van der Waals surface area contributed by atoms with Crippen LogP contribution in [0.3, 0.4) is 0 Å². The Balaban J connectivity index is 1.34. The monoisotopic (exact) mass is 549 g/mol. The first kappa shape index (κ1) is 24.8. The lowest BCUT2D eigenvalue weighted by Gasteiger charge is -2.42. The Hall–Kier alpha value is -4.47. The molecule has 1 aliphatic heterocycles. The fourth-order valence-electron chi connectivity index (χ4n) is 4.55. The van der Waals surface area contributed by atoms with Crippen molar-refractivity contribution in [3.05, 3.63) is 52.8 Å². The van der Waals surface area contributed by atoms with E-state index in [1.165, 1.54) is 22.9 Å². The summed E-state index contributed by atoms with van der Waals surface area (Å²) in [4.78, 5) is 35.2. The van der Waals surface area contributed by atoms with Crippen molar-refractivity contribution in [2.24, 2.45) is 0 Å². The molecular formula is C24H23N9O5S. The summed E-state index contributed by atoms with van der Waals surface area (Å²) in [6, 6.07) is 6.66. The second-order valence-corrected chi connectivity index (χ2v) is 10.4. The first-order chi connectivity index (χ1) is 18.6. The molecule has 6 rings (SSSR count). The van der Waals surface area contributed by atoms with Crippen molar-refractivity contribution < 1.29 is 19.4 Å². The van der Waals surface area contributed by atoms with E-state index in [4.69, 9.17) is 15.2 Å². The van der Waals surface area contributed by atoms with Crippen LogP contribution in [0, 0.1) is 0 Å². The molecule has 1 amide bonds. The van der Waals surface area contributed by atoms with Gasteiger partial charge in [-0.3, -0.25) is 14.5 Å². The molecule has 0 aliphatic carbocycles. The van der Waals surface area contributed by atoms with Crippen LogP contribution in [0.4, 0.5) is 11.6 Å². The number of aromatic nitrogens is 7. The average molecular weight is 550 g/mol. The predicted octanol–water partition coefficient (Wildman–Crippen LogP) is 1.34. The third-order valence-corrected chi connectivity index (χ3v) is 7.26. The number of benzene rings is 1. The summed E-state index contributed by atoms with van der Waals surface area (Å²) in [5.41, 5.74) is 5.47. The van der Waals surface area contributed by atoms with Gasteiger partial charge in [-0.15, -0.1) is 10.2 Å². The summed E-state index contributed by atoms with van der Waals surface area (Å²) < 4.78 is 17.4. The van der Waals surface area contributed by atoms with Gasteiger partial charge < -0.3 is 25.3 Å². The van der Waals surface area contributed by atoms with Crippen molar-refractivity contribution in [1.82, 2.24) is 34.3 Å². The number of aliphatic hydroxyl groups is 1. The minimum absolute atomic E-state index is 0.0965. The van der Waals surface area contributed by atoms with Crippen molar-refractivity contribution in [3.63, 3.8) is 0 Å². The van der Waals surface area contributed by atoms with Crippen molar-refractivity contribution in [2.45, 2.75) is 31.7 Å². The molecule has 4 N–H and O–H groups in total. The highest BCUT2D eigenvalue weighted by Crippen LogP contribution is 2.33. The number of carbonyl (C=O) groups excluding carboxylic acids is 1. The molecule has 0 saturated carbocycles. The normalized spacial score (nSPS) is 18.1. The molecule has 5 aromatic rings. The molecular weight excluding hydrogens is 526 g/mol. The lowest BCUT2D eigenvalue weighted by Crippen LogP contribution is -2.58. The van der Waals surface area contributed by atoms with Gasteiger partial charge in [0.05, 0.1) is 46.7 Å². The van der Waals surface area contributed by atoms with Crippen LogP contribution in [0.15, 0.2) is 41.5 Å². The Morgan fingerprint density at radius 1 is 1.31 bits per heavy atom. The number of aromatic amines is 1. The second-order valence-electron chi connectivity index (χ2n) is 9.60. The van der Waals surface area contributed by atoms with Crippen LogP contribution in [0.1, 0.15) is 25.8 Å². The Bertz CT molecular complexity index is 1800. The van der Waals surface area contributed by atoms with E-state index >= 15 is 0 Å². The van der Waals surface area contributed by atoms with Crippen LogP contribution >= 0.6 is 11.5 Å². The van der Waals surface area contributed by atoms with Gasteiger partial charge in [0.2, 0.25) is 5.88 Å². The average Bonchev–Trinajstić information content (AvgIpc) is 3.56. The summed E-state index contributed by atoms with van der Waals surface area (Å²) in [6.07, 6.45) is 0.259. The molecule has 2 unspecified atom stereocenters. The minimum atomic E-state index is -1.56. The van der Waals surface area contributed by atoms with Gasteiger partial charge in [0.15, 0.2) is 11.9 Å². The van der Waals surface area contributed by atoms with Crippen LogP contribution in [0.2, 0.25) is 0 Å². The number of nitrogens with two attached hydrogens (primary N) is 1. The summed E-state index contributed by atoms with van der Waals surface area (Å²) >= 11 is 1.09. The van der Waals surface area contributed by atoms with E-state index in [1.807, 2.05) is 0 Å². The SMILES string of the molecule is COc1cc(-n2ccc(N3CC(C)(C)OC(C(O)c4nc5ccc6c(N)nsc6c5c(=O)[nH]4)C3=O)n2)cnn1. The van der Waals surface area contributed by atoms with Crippen LogP contribution < -0.4 is 20.9 Å². The first-order valence-corrected chi connectivity index (χ1v) is 12.6. The first-order valence-electron chi connectivity index (χ1n) is 11.8. The van der Waals surface area contributed by atoms with E-state index in [0.717, 1.165) is 11.5 Å². The number of anilines is 2. The predicted molar refractivity (Wildman–Crippen MR) is 142 cm³/mol. The second kappa shape index (κ2) is 9.07. The van der Waals surface area contributed by atoms with Crippen molar-refractivity contribution in [2.75, 3.05) is 24.3 Å². The number of rotatable bonds is 5. The van der Waals surface area contributed by atoms with E-state index < -0.39 is 29.3 Å². The number of aliphatic hydroxyl groups excluding tert-OH is 1. The van der Waals surface area contributed by atoms with Crippen LogP contribution in [-0.2, 0) is 9.53 Å². The van der Waals surface area contributed by atoms with E-state index in [0.29, 0.717) is 44.2 Å². The zero-order chi connectivity index (χ0) is 27.5. The number of carbonyl (C=O) groups is 1. The molecule has 14 nitrogen and oxygen atoms in total. The Labute approximate surface area is 224 Å². The molecule has 200 valence electrons. The van der Waals surface area contributed by atoms with Gasteiger partial charge >= 0.3 is 0 Å². The minimum Gasteiger partial charge on any atom is -0.480 e. The fourth-order valence-corrected chi connectivity index (χ4v) is 5.39. The van der Waals surface area contributed by atoms with E-state index in [-0.39, 0.29) is 12.4 Å². The number of nitrogen functional groups attached to an aromatic ring is 1. The highest BCUT2D eigenvalue weighted by Gasteiger charge is 2.45. The Kier molecular flexibility index (Phi) is 5.78. The van der Waals surface area contributed by atoms with Gasteiger partial charge in [-0.1, -0.05) is 0 Å². The number of methoxy groups -OCH3 is 1. The van der Waals surface area contributed by atoms with E-state index in [1.54, 1.807) is 44.3 Å². The smallest absolute Gasteiger partial charge is 0.260 e. The molecule has 0 radical (unpaired) electrons. The van der Waals surface area contributed by atoms with Gasteiger partial charge in [-0.05, 0) is 37.5 Å². The number of hydrogen-bond donors (Lipinski definition) is 3. The highest BCUT2D eigenvalue weighted by atomic mass is 32.1. The molecule has 15 heteroatoms. The number of nitrogens with one attached hydrogen (secondary N) is 1. The third-order valence-electron chi connectivity index (χ3n) is 6.36. The molecule has 2 atom stereocenters. The van der Waals surface area contributed by atoms with E-state index in [2.05, 4.69) is 29.6 Å². The van der Waals surface area contributed by atoms with Crippen molar-refractivity contribution in [3.8, 4) is 11.6 Å². The van der Waals surface area contributed by atoms with Crippen LogP contribution in [0.5, 0.6) is 5.88 Å². The molecule has 0 bridgehead atoms. The number of H-pyrrole nitrogens is 1. The summed E-state index contributed by atoms with van der Waals surface area (Å²) in [5.74, 6) is 0.347. The number of nitrogens with zero attached hydrogens (tertiary/aromatic N) is 7. The summed E-state index contributed by atoms with van der Waals surface area (Å²) in [7, 11) is 1.48. The van der Waals surface area contributed by atoms with Crippen LogP contribution in [-0.4, -0.2) is 70.7 Å². The Morgan fingerprint density at radius 2 is 2.13 bits per heavy atom. The van der Waals surface area contributed by atoms with Crippen molar-refractivity contribution >= 4 is 50.1 Å². The molecule has 1 aromatic carbocycles. The molecule has 5 heterocycles. The number of fused-ring (bicyclic) bond motifs is 3. The quantitative estimate of drug-likeness (QED) is 0.287. The van der Waals surface area contributed by atoms with Gasteiger partial charge in [0, 0.05) is 23.7 Å². The molecule has 4 aromatic heterocycles. The topological polar surface area (TPSA) is 187 Å². The zero-order valence-electron chi connectivity index (χ0n) is 21.0. The number of ether oxygens (including phenoxy) is 2. The van der Waals surface area contributed by atoms with Gasteiger partial charge in [0.1, 0.15) is 17.7 Å². The lowest BCUT2D eigenvalue weighted by molar-refractivity contribution is -0.166.